The third-order valence-electron chi connectivity index (χ3n) is 1.75. The number of hydrogen-bond donors (Lipinski definition) is 2. The number of carboxylic acid groups (broad SMARTS) is 1. The van der Waals surface area contributed by atoms with Gasteiger partial charge in [-0.1, -0.05) is 13.8 Å². The number of carbonyl (C=O) groups is 1. The molecule has 0 unspecified atom stereocenters. The SMILES string of the molecule is CC(C)CNCc1cc(C(=O)O)cs1. The lowest BCUT2D eigenvalue weighted by Crippen LogP contribution is -2.18. The minimum absolute atomic E-state index is 0.386. The molecule has 0 aliphatic heterocycles. The molecule has 0 atom stereocenters. The quantitative estimate of drug-likeness (QED) is 0.788. The molecular formula is C10H15NO2S. The predicted octanol–water partition coefficient (Wildman–Crippen LogP) is 2.19. The average Bonchev–Trinajstić information content (AvgIpc) is 2.52. The fourth-order valence-electron chi connectivity index (χ4n) is 1.07. The number of nitrogens with one attached hydrogen (secondary N) is 1. The van der Waals surface area contributed by atoms with Gasteiger partial charge in [0.25, 0.3) is 0 Å². The van der Waals surface area contributed by atoms with Gasteiger partial charge in [-0.25, -0.2) is 4.79 Å². The van der Waals surface area contributed by atoms with Crippen molar-refractivity contribution >= 4 is 17.3 Å². The van der Waals surface area contributed by atoms with Crippen LogP contribution in [0, 0.1) is 5.92 Å². The van der Waals surface area contributed by atoms with Crippen LogP contribution in [0.5, 0.6) is 0 Å². The van der Waals surface area contributed by atoms with Gasteiger partial charge >= 0.3 is 5.97 Å². The van der Waals surface area contributed by atoms with Crippen LogP contribution in [0.2, 0.25) is 0 Å². The Kier molecular flexibility index (Phi) is 4.10. The highest BCUT2D eigenvalue weighted by atomic mass is 32.1. The lowest BCUT2D eigenvalue weighted by atomic mass is 10.2. The van der Waals surface area contributed by atoms with Gasteiger partial charge in [-0.05, 0) is 18.5 Å². The first kappa shape index (κ1) is 11.2. The minimum atomic E-state index is -0.851. The van der Waals surface area contributed by atoms with Crippen molar-refractivity contribution in [3.63, 3.8) is 0 Å². The van der Waals surface area contributed by atoms with Crippen molar-refractivity contribution < 1.29 is 9.90 Å². The van der Waals surface area contributed by atoms with Gasteiger partial charge < -0.3 is 10.4 Å². The molecule has 0 saturated carbocycles. The molecule has 1 aromatic rings. The summed E-state index contributed by atoms with van der Waals surface area (Å²) in [6.45, 7) is 6.00. The Labute approximate surface area is 87.8 Å². The largest absolute Gasteiger partial charge is 0.478 e. The van der Waals surface area contributed by atoms with E-state index in [1.807, 2.05) is 0 Å². The topological polar surface area (TPSA) is 49.3 Å². The highest BCUT2D eigenvalue weighted by Crippen LogP contribution is 2.14. The van der Waals surface area contributed by atoms with Crippen LogP contribution in [0.1, 0.15) is 29.1 Å². The molecule has 2 N–H and O–H groups in total. The summed E-state index contributed by atoms with van der Waals surface area (Å²) in [7, 11) is 0. The number of thiophene rings is 1. The summed E-state index contributed by atoms with van der Waals surface area (Å²) in [6.07, 6.45) is 0. The normalized spacial score (nSPS) is 10.8. The Bertz CT molecular complexity index is 307. The predicted molar refractivity (Wildman–Crippen MR) is 57.8 cm³/mol. The molecule has 1 rings (SSSR count). The van der Waals surface area contributed by atoms with E-state index in [9.17, 15) is 4.79 Å². The van der Waals surface area contributed by atoms with Gasteiger partial charge in [-0.2, -0.15) is 0 Å². The summed E-state index contributed by atoms with van der Waals surface area (Å²) >= 11 is 1.49. The monoisotopic (exact) mass is 213 g/mol. The molecule has 0 bridgehead atoms. The van der Waals surface area contributed by atoms with Crippen molar-refractivity contribution in [3.05, 3.63) is 21.9 Å². The second kappa shape index (κ2) is 5.12. The van der Waals surface area contributed by atoms with Gasteiger partial charge in [0.1, 0.15) is 0 Å². The summed E-state index contributed by atoms with van der Waals surface area (Å²) in [5.74, 6) is -0.231. The minimum Gasteiger partial charge on any atom is -0.478 e. The number of aromatic carboxylic acids is 1. The standard InChI is InChI=1S/C10H15NO2S/c1-7(2)4-11-5-9-3-8(6-14-9)10(12)13/h3,6-7,11H,4-5H2,1-2H3,(H,12,13). The second-order valence-electron chi connectivity index (χ2n) is 3.63. The van der Waals surface area contributed by atoms with Gasteiger partial charge in [0, 0.05) is 16.8 Å². The molecule has 0 fully saturated rings. The van der Waals surface area contributed by atoms with Crippen LogP contribution in [0.3, 0.4) is 0 Å². The van der Waals surface area contributed by atoms with Gasteiger partial charge in [-0.3, -0.25) is 0 Å². The van der Waals surface area contributed by atoms with Gasteiger partial charge in [-0.15, -0.1) is 11.3 Å². The van der Waals surface area contributed by atoms with E-state index in [1.165, 1.54) is 11.3 Å². The Morgan fingerprint density at radius 1 is 1.64 bits per heavy atom. The van der Waals surface area contributed by atoms with Crippen molar-refractivity contribution in [3.8, 4) is 0 Å². The van der Waals surface area contributed by atoms with Crippen LogP contribution in [0.15, 0.2) is 11.4 Å². The summed E-state index contributed by atoms with van der Waals surface area (Å²) in [4.78, 5) is 11.7. The smallest absolute Gasteiger partial charge is 0.336 e. The van der Waals surface area contributed by atoms with E-state index in [2.05, 4.69) is 19.2 Å². The molecule has 0 amide bonds. The molecular weight excluding hydrogens is 198 g/mol. The maximum Gasteiger partial charge on any atom is 0.336 e. The van der Waals surface area contributed by atoms with E-state index >= 15 is 0 Å². The molecule has 3 nitrogen and oxygen atoms in total. The lowest BCUT2D eigenvalue weighted by Gasteiger charge is -2.04. The number of carboxylic acids is 1. The lowest BCUT2D eigenvalue weighted by molar-refractivity contribution is 0.0697. The van der Waals surface area contributed by atoms with E-state index < -0.39 is 5.97 Å². The first-order valence-corrected chi connectivity index (χ1v) is 5.49. The molecule has 0 radical (unpaired) electrons. The summed E-state index contributed by atoms with van der Waals surface area (Å²) in [6, 6.07) is 1.72. The van der Waals surface area contributed by atoms with Crippen molar-refractivity contribution in [1.82, 2.24) is 5.32 Å². The van der Waals surface area contributed by atoms with Crippen molar-refractivity contribution in [2.24, 2.45) is 5.92 Å². The molecule has 0 aliphatic carbocycles. The first-order chi connectivity index (χ1) is 6.59. The summed E-state index contributed by atoms with van der Waals surface area (Å²) in [5.41, 5.74) is 0.386. The Hall–Kier alpha value is -0.870. The van der Waals surface area contributed by atoms with E-state index in [0.29, 0.717) is 11.5 Å². The molecule has 1 aromatic heterocycles. The van der Waals surface area contributed by atoms with Crippen LogP contribution >= 0.6 is 11.3 Å². The Morgan fingerprint density at radius 3 is 2.86 bits per heavy atom. The molecule has 78 valence electrons. The highest BCUT2D eigenvalue weighted by molar-refractivity contribution is 7.10. The maximum absolute atomic E-state index is 10.6. The Morgan fingerprint density at radius 2 is 2.36 bits per heavy atom. The third kappa shape index (κ3) is 3.47. The third-order valence-corrected chi connectivity index (χ3v) is 2.69. The average molecular weight is 213 g/mol. The number of rotatable bonds is 5. The zero-order chi connectivity index (χ0) is 10.6. The highest BCUT2D eigenvalue weighted by Gasteiger charge is 2.05. The summed E-state index contributed by atoms with van der Waals surface area (Å²) in [5, 5.41) is 13.6. The fraction of sp³-hybridized carbons (Fsp3) is 0.500. The van der Waals surface area contributed by atoms with Crippen molar-refractivity contribution in [2.45, 2.75) is 20.4 Å². The number of hydrogen-bond acceptors (Lipinski definition) is 3. The zero-order valence-corrected chi connectivity index (χ0v) is 9.23. The van der Waals surface area contributed by atoms with Gasteiger partial charge in [0.05, 0.1) is 5.56 Å². The van der Waals surface area contributed by atoms with Crippen molar-refractivity contribution in [1.29, 1.82) is 0 Å². The van der Waals surface area contributed by atoms with E-state index in [4.69, 9.17) is 5.11 Å². The van der Waals surface area contributed by atoms with Crippen LogP contribution in [-0.4, -0.2) is 17.6 Å². The molecule has 1 heterocycles. The molecule has 0 aromatic carbocycles. The summed E-state index contributed by atoms with van der Waals surface area (Å²) < 4.78 is 0. The van der Waals surface area contributed by atoms with Crippen LogP contribution < -0.4 is 5.32 Å². The van der Waals surface area contributed by atoms with Gasteiger partial charge in [0.2, 0.25) is 0 Å². The second-order valence-corrected chi connectivity index (χ2v) is 4.63. The molecule has 0 spiro atoms. The molecule has 14 heavy (non-hydrogen) atoms. The maximum atomic E-state index is 10.6. The zero-order valence-electron chi connectivity index (χ0n) is 8.41. The Balaban J connectivity index is 2.40. The fourth-order valence-corrected chi connectivity index (χ4v) is 1.90. The van der Waals surface area contributed by atoms with Gasteiger partial charge in [0.15, 0.2) is 0 Å². The van der Waals surface area contributed by atoms with Crippen LogP contribution in [0.4, 0.5) is 0 Å². The molecule has 0 aliphatic rings. The van der Waals surface area contributed by atoms with E-state index in [0.717, 1.165) is 18.0 Å². The van der Waals surface area contributed by atoms with E-state index in [1.54, 1.807) is 11.4 Å². The van der Waals surface area contributed by atoms with Crippen LogP contribution in [0.25, 0.3) is 0 Å². The molecule has 0 saturated heterocycles. The van der Waals surface area contributed by atoms with E-state index in [-0.39, 0.29) is 0 Å². The van der Waals surface area contributed by atoms with Crippen molar-refractivity contribution in [2.75, 3.05) is 6.54 Å². The van der Waals surface area contributed by atoms with Crippen LogP contribution in [-0.2, 0) is 6.54 Å². The first-order valence-electron chi connectivity index (χ1n) is 4.61. The molecule has 4 heteroatoms.